The van der Waals surface area contributed by atoms with Crippen LogP contribution in [-0.2, 0) is 11.3 Å². The average Bonchev–Trinajstić information content (AvgIpc) is 2.99. The van der Waals surface area contributed by atoms with Gasteiger partial charge in [-0.25, -0.2) is 4.98 Å². The van der Waals surface area contributed by atoms with Crippen LogP contribution >= 0.6 is 0 Å². The molecular formula is C17H18FN3O. The van der Waals surface area contributed by atoms with Gasteiger partial charge in [-0.3, -0.25) is 9.69 Å². The fraction of sp³-hybridized carbons (Fsp3) is 0.294. The topological polar surface area (TPSA) is 45.2 Å². The van der Waals surface area contributed by atoms with E-state index in [-0.39, 0.29) is 11.9 Å². The Morgan fingerprint density at radius 1 is 1.27 bits per heavy atom. The summed E-state index contributed by atoms with van der Waals surface area (Å²) in [4.78, 5) is 18.2. The molecule has 1 aromatic heterocycles. The maximum Gasteiger partial charge on any atom is 0.241 e. The number of carbonyl (C=O) groups excluding carboxylic acids is 1. The monoisotopic (exact) mass is 299 g/mol. The number of nitrogens with zero attached hydrogens (tertiary/aromatic N) is 2. The molecule has 2 aromatic rings. The summed E-state index contributed by atoms with van der Waals surface area (Å²) in [7, 11) is 0. The normalized spacial score (nSPS) is 18.3. The SMILES string of the molecule is O=C(Nc1ccc(F)nc1)C1CCCN1Cc1ccccc1. The van der Waals surface area contributed by atoms with Gasteiger partial charge in [0.15, 0.2) is 0 Å². The number of nitrogens with one attached hydrogen (secondary N) is 1. The molecule has 1 unspecified atom stereocenters. The Labute approximate surface area is 129 Å². The van der Waals surface area contributed by atoms with E-state index in [1.165, 1.54) is 23.9 Å². The van der Waals surface area contributed by atoms with E-state index in [2.05, 4.69) is 27.3 Å². The van der Waals surface area contributed by atoms with Gasteiger partial charge in [0.2, 0.25) is 11.9 Å². The molecule has 1 atom stereocenters. The summed E-state index contributed by atoms with van der Waals surface area (Å²) in [6.45, 7) is 1.68. The molecule has 22 heavy (non-hydrogen) atoms. The molecule has 3 rings (SSSR count). The molecule has 0 spiro atoms. The van der Waals surface area contributed by atoms with Gasteiger partial charge >= 0.3 is 0 Å². The Bertz CT molecular complexity index is 630. The van der Waals surface area contributed by atoms with E-state index in [0.29, 0.717) is 5.69 Å². The smallest absolute Gasteiger partial charge is 0.241 e. The highest BCUT2D eigenvalue weighted by molar-refractivity contribution is 5.94. The highest BCUT2D eigenvalue weighted by atomic mass is 19.1. The van der Waals surface area contributed by atoms with Crippen molar-refractivity contribution >= 4 is 11.6 Å². The molecule has 0 radical (unpaired) electrons. The van der Waals surface area contributed by atoms with Crippen molar-refractivity contribution in [3.63, 3.8) is 0 Å². The summed E-state index contributed by atoms with van der Waals surface area (Å²) in [5.41, 5.74) is 1.73. The van der Waals surface area contributed by atoms with Crippen LogP contribution < -0.4 is 5.32 Å². The van der Waals surface area contributed by atoms with Crippen molar-refractivity contribution in [3.8, 4) is 0 Å². The lowest BCUT2D eigenvalue weighted by Gasteiger charge is -2.23. The van der Waals surface area contributed by atoms with E-state index in [4.69, 9.17) is 0 Å². The van der Waals surface area contributed by atoms with Gasteiger partial charge in [0.25, 0.3) is 0 Å². The zero-order chi connectivity index (χ0) is 15.4. The Hall–Kier alpha value is -2.27. The Balaban J connectivity index is 1.64. The van der Waals surface area contributed by atoms with Crippen LogP contribution in [0.25, 0.3) is 0 Å². The summed E-state index contributed by atoms with van der Waals surface area (Å²) in [5, 5.41) is 2.82. The third-order valence-corrected chi connectivity index (χ3v) is 3.89. The molecule has 1 amide bonds. The fourth-order valence-corrected chi connectivity index (χ4v) is 2.81. The standard InChI is InChI=1S/C17H18FN3O/c18-16-9-8-14(11-19-16)20-17(22)15-7-4-10-21(15)12-13-5-2-1-3-6-13/h1-3,5-6,8-9,11,15H,4,7,10,12H2,(H,20,22). The van der Waals surface area contributed by atoms with Crippen LogP contribution in [0, 0.1) is 5.95 Å². The quantitative estimate of drug-likeness (QED) is 0.883. The molecule has 1 fully saturated rings. The maximum atomic E-state index is 12.8. The number of likely N-dealkylation sites (tertiary alicyclic amines) is 1. The summed E-state index contributed by atoms with van der Waals surface area (Å²) >= 11 is 0. The number of pyridine rings is 1. The number of benzene rings is 1. The number of amides is 1. The molecule has 1 aromatic carbocycles. The zero-order valence-corrected chi connectivity index (χ0v) is 12.2. The van der Waals surface area contributed by atoms with Crippen LogP contribution in [0.15, 0.2) is 48.7 Å². The Kier molecular flexibility index (Phi) is 4.44. The molecule has 5 heteroatoms. The van der Waals surface area contributed by atoms with Crippen molar-refractivity contribution in [1.29, 1.82) is 0 Å². The summed E-state index contributed by atoms with van der Waals surface area (Å²) < 4.78 is 12.8. The van der Waals surface area contributed by atoms with Gasteiger partial charge in [0, 0.05) is 6.54 Å². The number of halogens is 1. The van der Waals surface area contributed by atoms with Crippen LogP contribution in [0.4, 0.5) is 10.1 Å². The molecule has 114 valence electrons. The second-order valence-electron chi connectivity index (χ2n) is 5.47. The first kappa shape index (κ1) is 14.7. The average molecular weight is 299 g/mol. The minimum absolute atomic E-state index is 0.0539. The number of carbonyl (C=O) groups is 1. The Morgan fingerprint density at radius 2 is 2.09 bits per heavy atom. The number of hydrogen-bond donors (Lipinski definition) is 1. The zero-order valence-electron chi connectivity index (χ0n) is 12.2. The second kappa shape index (κ2) is 6.66. The van der Waals surface area contributed by atoms with E-state index in [1.54, 1.807) is 0 Å². The molecular weight excluding hydrogens is 281 g/mol. The Morgan fingerprint density at radius 3 is 2.82 bits per heavy atom. The summed E-state index contributed by atoms with van der Waals surface area (Å²) in [6, 6.07) is 12.7. The third-order valence-electron chi connectivity index (χ3n) is 3.89. The van der Waals surface area contributed by atoms with Crippen LogP contribution in [0.3, 0.4) is 0 Å². The van der Waals surface area contributed by atoms with Gasteiger partial charge in [-0.1, -0.05) is 30.3 Å². The van der Waals surface area contributed by atoms with Gasteiger partial charge in [0.1, 0.15) is 0 Å². The van der Waals surface area contributed by atoms with Gasteiger partial charge in [0.05, 0.1) is 17.9 Å². The number of aromatic nitrogens is 1. The predicted octanol–water partition coefficient (Wildman–Crippen LogP) is 2.82. The predicted molar refractivity (Wildman–Crippen MR) is 82.7 cm³/mol. The van der Waals surface area contributed by atoms with Crippen molar-refractivity contribution in [3.05, 3.63) is 60.2 Å². The van der Waals surface area contributed by atoms with Gasteiger partial charge in [-0.05, 0) is 37.1 Å². The first-order valence-electron chi connectivity index (χ1n) is 7.43. The summed E-state index contributed by atoms with van der Waals surface area (Å²) in [6.07, 6.45) is 3.18. The maximum absolute atomic E-state index is 12.8. The number of rotatable bonds is 4. The third kappa shape index (κ3) is 3.49. The molecule has 1 N–H and O–H groups in total. The fourth-order valence-electron chi connectivity index (χ4n) is 2.81. The minimum atomic E-state index is -0.551. The van der Waals surface area contributed by atoms with Gasteiger partial charge < -0.3 is 5.32 Å². The first-order valence-corrected chi connectivity index (χ1v) is 7.43. The van der Waals surface area contributed by atoms with Crippen LogP contribution in [-0.4, -0.2) is 28.4 Å². The highest BCUT2D eigenvalue weighted by Crippen LogP contribution is 2.21. The second-order valence-corrected chi connectivity index (χ2v) is 5.47. The molecule has 1 saturated heterocycles. The lowest BCUT2D eigenvalue weighted by Crippen LogP contribution is -2.39. The van der Waals surface area contributed by atoms with Crippen molar-refractivity contribution in [1.82, 2.24) is 9.88 Å². The first-order chi connectivity index (χ1) is 10.7. The number of anilines is 1. The van der Waals surface area contributed by atoms with Crippen molar-refractivity contribution in [2.24, 2.45) is 0 Å². The highest BCUT2D eigenvalue weighted by Gasteiger charge is 2.30. The van der Waals surface area contributed by atoms with Gasteiger partial charge in [-0.15, -0.1) is 0 Å². The van der Waals surface area contributed by atoms with E-state index in [0.717, 1.165) is 25.9 Å². The van der Waals surface area contributed by atoms with Crippen LogP contribution in [0.5, 0.6) is 0 Å². The van der Waals surface area contributed by atoms with Crippen molar-refractivity contribution in [2.45, 2.75) is 25.4 Å². The largest absolute Gasteiger partial charge is 0.323 e. The lowest BCUT2D eigenvalue weighted by molar-refractivity contribution is -0.120. The van der Waals surface area contributed by atoms with Crippen LogP contribution in [0.2, 0.25) is 0 Å². The van der Waals surface area contributed by atoms with E-state index in [1.807, 2.05) is 18.2 Å². The molecule has 2 heterocycles. The number of hydrogen-bond acceptors (Lipinski definition) is 3. The van der Waals surface area contributed by atoms with Crippen LogP contribution in [0.1, 0.15) is 18.4 Å². The molecule has 0 bridgehead atoms. The molecule has 0 saturated carbocycles. The van der Waals surface area contributed by atoms with Gasteiger partial charge in [-0.2, -0.15) is 4.39 Å². The minimum Gasteiger partial charge on any atom is -0.323 e. The molecule has 0 aliphatic carbocycles. The van der Waals surface area contributed by atoms with E-state index in [9.17, 15) is 9.18 Å². The van der Waals surface area contributed by atoms with E-state index >= 15 is 0 Å². The lowest BCUT2D eigenvalue weighted by atomic mass is 10.1. The summed E-state index contributed by atoms with van der Waals surface area (Å²) in [5.74, 6) is -0.605. The molecule has 1 aliphatic heterocycles. The van der Waals surface area contributed by atoms with E-state index < -0.39 is 5.95 Å². The van der Waals surface area contributed by atoms with Crippen molar-refractivity contribution < 1.29 is 9.18 Å². The van der Waals surface area contributed by atoms with Crippen molar-refractivity contribution in [2.75, 3.05) is 11.9 Å². The molecule has 1 aliphatic rings. The molecule has 4 nitrogen and oxygen atoms in total.